The Bertz CT molecular complexity index is 2020. The van der Waals surface area contributed by atoms with Crippen molar-refractivity contribution in [2.24, 2.45) is 5.41 Å². The molecule has 4 aromatic carbocycles. The van der Waals surface area contributed by atoms with Crippen molar-refractivity contribution in [3.05, 3.63) is 113 Å². The summed E-state index contributed by atoms with van der Waals surface area (Å²) in [7, 11) is 4.75. The number of amides is 1. The van der Waals surface area contributed by atoms with Crippen LogP contribution in [0.3, 0.4) is 0 Å². The first-order valence-electron chi connectivity index (χ1n) is 18.8. The Balaban J connectivity index is 0.987. The summed E-state index contributed by atoms with van der Waals surface area (Å²) >= 11 is 0. The van der Waals surface area contributed by atoms with Crippen molar-refractivity contribution in [1.82, 2.24) is 19.4 Å². The highest BCUT2D eigenvalue weighted by atomic mass is 19.1. The van der Waals surface area contributed by atoms with Crippen LogP contribution in [0.1, 0.15) is 48.8 Å². The summed E-state index contributed by atoms with van der Waals surface area (Å²) in [6, 6.07) is 25.4. The predicted octanol–water partition coefficient (Wildman–Crippen LogP) is 7.71. The number of aromatic nitrogens is 2. The van der Waals surface area contributed by atoms with Crippen LogP contribution in [0, 0.1) is 17.0 Å². The molecule has 284 valence electrons. The van der Waals surface area contributed by atoms with E-state index in [2.05, 4.69) is 20.9 Å². The van der Waals surface area contributed by atoms with Crippen LogP contribution in [0.15, 0.2) is 84.9 Å². The lowest BCUT2D eigenvalue weighted by Crippen LogP contribution is -2.41. The van der Waals surface area contributed by atoms with Crippen LogP contribution in [0.25, 0.3) is 11.0 Å². The Morgan fingerprint density at radius 1 is 0.796 bits per heavy atom. The second kappa shape index (κ2) is 16.5. The van der Waals surface area contributed by atoms with Crippen molar-refractivity contribution in [2.75, 3.05) is 52.8 Å². The van der Waals surface area contributed by atoms with Crippen molar-refractivity contribution in [2.45, 2.75) is 57.7 Å². The molecule has 11 heteroatoms. The van der Waals surface area contributed by atoms with E-state index in [4.69, 9.17) is 19.2 Å². The van der Waals surface area contributed by atoms with Crippen molar-refractivity contribution in [3.8, 4) is 17.2 Å². The van der Waals surface area contributed by atoms with Crippen LogP contribution < -0.4 is 19.5 Å². The number of piperidine rings is 1. The number of nitrogens with one attached hydrogen (secondary N) is 1. The first-order valence-corrected chi connectivity index (χ1v) is 18.8. The maximum absolute atomic E-state index is 14.4. The number of ether oxygens (including phenoxy) is 3. The molecule has 0 radical (unpaired) electrons. The fourth-order valence-corrected chi connectivity index (χ4v) is 8.21. The Morgan fingerprint density at radius 2 is 1.44 bits per heavy atom. The van der Waals surface area contributed by atoms with Gasteiger partial charge in [-0.15, -0.1) is 0 Å². The average molecular weight is 738 g/mol. The van der Waals surface area contributed by atoms with Gasteiger partial charge in [-0.25, -0.2) is 13.8 Å². The first-order chi connectivity index (χ1) is 26.3. The van der Waals surface area contributed by atoms with Gasteiger partial charge in [-0.1, -0.05) is 36.4 Å². The minimum atomic E-state index is -0.568. The van der Waals surface area contributed by atoms with E-state index in [-0.39, 0.29) is 23.6 Å². The van der Waals surface area contributed by atoms with Crippen LogP contribution in [-0.4, -0.2) is 78.8 Å². The summed E-state index contributed by atoms with van der Waals surface area (Å²) in [6.07, 6.45) is 4.89. The zero-order chi connectivity index (χ0) is 37.7. The second-order valence-corrected chi connectivity index (χ2v) is 14.6. The summed E-state index contributed by atoms with van der Waals surface area (Å²) in [5, 5.41) is 3.73. The van der Waals surface area contributed by atoms with Gasteiger partial charge >= 0.3 is 0 Å². The normalized spacial score (nSPS) is 18.0. The SMILES string of the molecule is COc1cc(CN2CCC(CCCN3CCC(Nc4nc5ccccc5n4Cc4ccc(F)cc4)CC3)(Cc3ccc(F)cc3)C2=O)cc(OC)c1OC. The highest BCUT2D eigenvalue weighted by molar-refractivity contribution is 5.85. The minimum Gasteiger partial charge on any atom is -0.493 e. The number of anilines is 1. The number of halogens is 2. The highest BCUT2D eigenvalue weighted by Gasteiger charge is 2.46. The summed E-state index contributed by atoms with van der Waals surface area (Å²) in [5.41, 5.74) is 4.29. The molecule has 1 unspecified atom stereocenters. The van der Waals surface area contributed by atoms with E-state index in [1.54, 1.807) is 33.5 Å². The molecule has 3 heterocycles. The molecule has 1 aromatic heterocycles. The minimum absolute atomic E-state index is 0.131. The molecule has 2 aliphatic rings. The van der Waals surface area contributed by atoms with Gasteiger partial charge in [0.15, 0.2) is 11.5 Å². The number of carbonyl (C=O) groups is 1. The molecule has 2 aliphatic heterocycles. The molecule has 0 saturated carbocycles. The molecule has 2 fully saturated rings. The van der Waals surface area contributed by atoms with E-state index in [0.29, 0.717) is 43.3 Å². The Kier molecular flexibility index (Phi) is 11.3. The molecule has 0 aliphatic carbocycles. The Hall–Kier alpha value is -5.16. The average Bonchev–Trinajstić information content (AvgIpc) is 3.68. The van der Waals surface area contributed by atoms with E-state index in [0.717, 1.165) is 85.4 Å². The van der Waals surface area contributed by atoms with Crippen LogP contribution >= 0.6 is 0 Å². The third kappa shape index (κ3) is 8.16. The monoisotopic (exact) mass is 737 g/mol. The number of likely N-dealkylation sites (tertiary alicyclic amines) is 2. The molecule has 0 spiro atoms. The summed E-state index contributed by atoms with van der Waals surface area (Å²) in [4.78, 5) is 23.7. The van der Waals surface area contributed by atoms with Gasteiger partial charge in [0.05, 0.1) is 44.3 Å². The van der Waals surface area contributed by atoms with E-state index < -0.39 is 5.41 Å². The molecular formula is C43H49F2N5O4. The van der Waals surface area contributed by atoms with E-state index in [1.807, 2.05) is 47.4 Å². The van der Waals surface area contributed by atoms with Crippen molar-refractivity contribution in [3.63, 3.8) is 0 Å². The van der Waals surface area contributed by atoms with Gasteiger partial charge in [0.2, 0.25) is 17.6 Å². The van der Waals surface area contributed by atoms with Crippen LogP contribution in [-0.2, 0) is 24.3 Å². The second-order valence-electron chi connectivity index (χ2n) is 14.6. The van der Waals surface area contributed by atoms with Gasteiger partial charge in [-0.3, -0.25) is 4.79 Å². The van der Waals surface area contributed by atoms with Gasteiger partial charge in [0.25, 0.3) is 0 Å². The number of imidazole rings is 1. The zero-order valence-electron chi connectivity index (χ0n) is 31.3. The van der Waals surface area contributed by atoms with Gasteiger partial charge in [-0.2, -0.15) is 0 Å². The number of hydrogen-bond donors (Lipinski definition) is 1. The number of fused-ring (bicyclic) bond motifs is 1. The van der Waals surface area contributed by atoms with Gasteiger partial charge in [-0.05, 0) is 110 Å². The molecule has 1 atom stereocenters. The molecular weight excluding hydrogens is 689 g/mol. The third-order valence-electron chi connectivity index (χ3n) is 11.1. The van der Waals surface area contributed by atoms with Gasteiger partial charge < -0.3 is 33.9 Å². The van der Waals surface area contributed by atoms with E-state index in [9.17, 15) is 13.6 Å². The summed E-state index contributed by atoms with van der Waals surface area (Å²) < 4.78 is 46.3. The van der Waals surface area contributed by atoms with Crippen LogP contribution in [0.2, 0.25) is 0 Å². The van der Waals surface area contributed by atoms with Gasteiger partial charge in [0, 0.05) is 32.2 Å². The standard InChI is InChI=1S/C43H49F2N5O4/c1-52-38-25-32(26-39(53-2)40(38)54-3)28-49-24-20-43(41(49)51,27-30-9-13-33(44)14-10-30)19-6-21-48-22-17-35(18-23-48)46-42-47-36-7-4-5-8-37(36)50(42)29-31-11-15-34(45)16-12-31/h4-5,7-16,25-26,35H,6,17-24,27-29H2,1-3H3,(H,46,47). The van der Waals surface area contributed by atoms with Crippen molar-refractivity contribution < 1.29 is 27.8 Å². The molecule has 1 N–H and O–H groups in total. The Labute approximate surface area is 315 Å². The Morgan fingerprint density at radius 3 is 2.09 bits per heavy atom. The topological polar surface area (TPSA) is 81.1 Å². The maximum Gasteiger partial charge on any atom is 0.229 e. The fourth-order valence-electron chi connectivity index (χ4n) is 8.21. The van der Waals surface area contributed by atoms with E-state index in [1.165, 1.54) is 24.3 Å². The number of carbonyl (C=O) groups excluding carboxylic acids is 1. The molecule has 1 amide bonds. The molecule has 54 heavy (non-hydrogen) atoms. The zero-order valence-corrected chi connectivity index (χ0v) is 31.3. The molecule has 0 bridgehead atoms. The molecule has 2 saturated heterocycles. The lowest BCUT2D eigenvalue weighted by Gasteiger charge is -2.34. The van der Waals surface area contributed by atoms with Gasteiger partial charge in [0.1, 0.15) is 11.6 Å². The van der Waals surface area contributed by atoms with Crippen LogP contribution in [0.4, 0.5) is 14.7 Å². The third-order valence-corrected chi connectivity index (χ3v) is 11.1. The number of rotatable bonds is 15. The number of para-hydroxylation sites is 2. The molecule has 7 rings (SSSR count). The fraction of sp³-hybridized carbons (Fsp3) is 0.395. The lowest BCUT2D eigenvalue weighted by atomic mass is 9.76. The maximum atomic E-state index is 14.4. The quantitative estimate of drug-likeness (QED) is 0.118. The predicted molar refractivity (Wildman–Crippen MR) is 206 cm³/mol. The van der Waals surface area contributed by atoms with Crippen LogP contribution in [0.5, 0.6) is 17.2 Å². The lowest BCUT2D eigenvalue weighted by molar-refractivity contribution is -0.137. The number of hydrogen-bond acceptors (Lipinski definition) is 7. The smallest absolute Gasteiger partial charge is 0.229 e. The van der Waals surface area contributed by atoms with E-state index >= 15 is 0 Å². The largest absolute Gasteiger partial charge is 0.493 e. The summed E-state index contributed by atoms with van der Waals surface area (Å²) in [5.74, 6) is 2.06. The van der Waals surface area contributed by atoms with Crippen molar-refractivity contribution >= 4 is 22.9 Å². The summed E-state index contributed by atoms with van der Waals surface area (Å²) in [6.45, 7) is 4.46. The van der Waals surface area contributed by atoms with Crippen molar-refractivity contribution in [1.29, 1.82) is 0 Å². The molecule has 5 aromatic rings. The molecule has 9 nitrogen and oxygen atoms in total. The first kappa shape index (κ1) is 37.2. The number of benzene rings is 4. The number of methoxy groups -OCH3 is 3. The number of nitrogens with zero attached hydrogens (tertiary/aromatic N) is 4. The highest BCUT2D eigenvalue weighted by Crippen LogP contribution is 2.43.